The van der Waals surface area contributed by atoms with Gasteiger partial charge in [-0.05, 0) is 0 Å². The number of rotatable bonds is 4. The van der Waals surface area contributed by atoms with Gasteiger partial charge in [-0.3, -0.25) is 14.4 Å². The Kier molecular flexibility index (Phi) is 3.44. The minimum atomic E-state index is -0.162. The van der Waals surface area contributed by atoms with E-state index in [0.29, 0.717) is 22.3 Å². The molecule has 0 atom stereocenters. The molecular formula is C15H8O3. The fourth-order valence-corrected chi connectivity index (χ4v) is 1.55. The Morgan fingerprint density at radius 2 is 1.00 bits per heavy atom. The maximum Gasteiger partial charge on any atom is 0.233 e. The third kappa shape index (κ3) is 2.40. The Morgan fingerprint density at radius 1 is 0.667 bits per heavy atom. The summed E-state index contributed by atoms with van der Waals surface area (Å²) in [4.78, 5) is 32.8. The van der Waals surface area contributed by atoms with Gasteiger partial charge >= 0.3 is 0 Å². The highest BCUT2D eigenvalue weighted by Gasteiger charge is 2.08. The number of carbonyl (C=O) groups is 1. The third-order valence-corrected chi connectivity index (χ3v) is 2.53. The zero-order chi connectivity index (χ0) is 13.0. The molecule has 2 aromatic rings. The van der Waals surface area contributed by atoms with Crippen molar-refractivity contribution < 1.29 is 14.4 Å². The minimum absolute atomic E-state index is 0.162. The second kappa shape index (κ2) is 5.19. The second-order valence-corrected chi connectivity index (χ2v) is 3.69. The van der Waals surface area contributed by atoms with Crippen LogP contribution in [-0.2, 0) is 9.59 Å². The molecule has 0 saturated heterocycles. The molecule has 2 aromatic carbocycles. The predicted molar refractivity (Wildman–Crippen MR) is 65.9 cm³/mol. The average molecular weight is 236 g/mol. The van der Waals surface area contributed by atoms with Gasteiger partial charge in [-0.1, -0.05) is 48.5 Å². The summed E-state index contributed by atoms with van der Waals surface area (Å²) in [6.45, 7) is 0. The zero-order valence-electron chi connectivity index (χ0n) is 9.34. The van der Waals surface area contributed by atoms with Crippen LogP contribution in [0.25, 0.3) is 0 Å². The van der Waals surface area contributed by atoms with Gasteiger partial charge in [0.2, 0.25) is 12.6 Å². The summed E-state index contributed by atoms with van der Waals surface area (Å²) in [5.41, 5.74) is 1.77. The van der Waals surface area contributed by atoms with E-state index in [1.807, 2.05) is 0 Å². The molecule has 0 heterocycles. The van der Waals surface area contributed by atoms with Crippen LogP contribution in [-0.4, -0.2) is 18.4 Å². The highest BCUT2D eigenvalue weighted by atomic mass is 16.1. The lowest BCUT2D eigenvalue weighted by molar-refractivity contribution is 0.103. The van der Waals surface area contributed by atoms with Gasteiger partial charge in [-0.2, -0.15) is 0 Å². The van der Waals surface area contributed by atoms with Crippen molar-refractivity contribution in [1.82, 2.24) is 0 Å². The Morgan fingerprint density at radius 3 is 1.28 bits per heavy atom. The van der Waals surface area contributed by atoms with Crippen molar-refractivity contribution in [1.29, 1.82) is 0 Å². The summed E-state index contributed by atoms with van der Waals surface area (Å²) in [6, 6.07) is 12.4. The molecule has 0 fully saturated rings. The number of benzene rings is 2. The lowest BCUT2D eigenvalue weighted by Gasteiger charge is -2.01. The second-order valence-electron chi connectivity index (χ2n) is 3.69. The summed E-state index contributed by atoms with van der Waals surface area (Å²) < 4.78 is 0. The van der Waals surface area contributed by atoms with Gasteiger partial charge < -0.3 is 0 Å². The third-order valence-electron chi connectivity index (χ3n) is 2.53. The van der Waals surface area contributed by atoms with Gasteiger partial charge in [0, 0.05) is 22.3 Å². The summed E-state index contributed by atoms with van der Waals surface area (Å²) in [7, 11) is 0. The standard InChI is InChI=1S/C15H8O3/c16-9-11-1-5-13(6-2-11)15(18)14-7-3-12(10-17)4-8-14/h1-8H. The van der Waals surface area contributed by atoms with E-state index in [-0.39, 0.29) is 5.78 Å². The van der Waals surface area contributed by atoms with Crippen molar-refractivity contribution in [2.75, 3.05) is 0 Å². The number of hydrogen-bond acceptors (Lipinski definition) is 3. The molecule has 0 amide bonds. The molecule has 0 unspecified atom stereocenters. The fourth-order valence-electron chi connectivity index (χ4n) is 1.55. The number of carbonyl (C=O) groups excluding carboxylic acids is 3. The largest absolute Gasteiger partial charge is 0.289 e. The summed E-state index contributed by atoms with van der Waals surface area (Å²) in [5.74, 6) is -0.162. The molecule has 0 aliphatic carbocycles. The van der Waals surface area contributed by atoms with E-state index < -0.39 is 0 Å². The van der Waals surface area contributed by atoms with Crippen LogP contribution in [0, 0.1) is 0 Å². The van der Waals surface area contributed by atoms with Crippen LogP contribution in [0.3, 0.4) is 0 Å². The average Bonchev–Trinajstić information content (AvgIpc) is 2.47. The first-order valence-corrected chi connectivity index (χ1v) is 5.26. The molecule has 3 heteroatoms. The van der Waals surface area contributed by atoms with Crippen LogP contribution >= 0.6 is 0 Å². The topological polar surface area (TPSA) is 51.2 Å². The van der Waals surface area contributed by atoms with E-state index in [2.05, 4.69) is 0 Å². The van der Waals surface area contributed by atoms with Crippen LogP contribution in [0.1, 0.15) is 27.0 Å². The summed E-state index contributed by atoms with van der Waals surface area (Å²) in [5, 5.41) is 0. The highest BCUT2D eigenvalue weighted by molar-refractivity contribution is 6.09. The van der Waals surface area contributed by atoms with Crippen molar-refractivity contribution >= 4 is 18.4 Å². The van der Waals surface area contributed by atoms with Gasteiger partial charge in [0.15, 0.2) is 5.78 Å². The monoisotopic (exact) mass is 236 g/mol. The Balaban J connectivity index is 2.28. The first kappa shape index (κ1) is 11.9. The van der Waals surface area contributed by atoms with Crippen LogP contribution < -0.4 is 0 Å². The highest BCUT2D eigenvalue weighted by Crippen LogP contribution is 2.11. The smallest absolute Gasteiger partial charge is 0.233 e. The zero-order valence-corrected chi connectivity index (χ0v) is 9.34. The fraction of sp³-hybridized carbons (Fsp3) is 0. The number of ketones is 1. The van der Waals surface area contributed by atoms with E-state index in [4.69, 9.17) is 0 Å². The molecule has 0 aromatic heterocycles. The van der Waals surface area contributed by atoms with Crippen LogP contribution in [0.5, 0.6) is 0 Å². The van der Waals surface area contributed by atoms with Gasteiger partial charge in [0.1, 0.15) is 0 Å². The van der Waals surface area contributed by atoms with Gasteiger partial charge in [0.05, 0.1) is 0 Å². The summed E-state index contributed by atoms with van der Waals surface area (Å²) in [6.07, 6.45) is 3.49. The van der Waals surface area contributed by atoms with E-state index >= 15 is 0 Å². The molecule has 2 rings (SSSR count). The molecule has 0 bridgehead atoms. The normalized spacial score (nSPS) is 9.78. The lowest BCUT2D eigenvalue weighted by Crippen LogP contribution is -2.01. The van der Waals surface area contributed by atoms with E-state index in [0.717, 1.165) is 0 Å². The van der Waals surface area contributed by atoms with E-state index in [9.17, 15) is 14.4 Å². The molecule has 0 spiro atoms. The lowest BCUT2D eigenvalue weighted by atomic mass is 10.0. The predicted octanol–water partition coefficient (Wildman–Crippen LogP) is 1.83. The van der Waals surface area contributed by atoms with Crippen molar-refractivity contribution in [2.45, 2.75) is 0 Å². The van der Waals surface area contributed by atoms with Crippen LogP contribution in [0.4, 0.5) is 0 Å². The Labute approximate surface area is 104 Å². The van der Waals surface area contributed by atoms with Crippen molar-refractivity contribution in [2.24, 2.45) is 0 Å². The Bertz CT molecular complexity index is 527. The molecule has 18 heavy (non-hydrogen) atoms. The first-order chi connectivity index (χ1) is 8.74. The maximum absolute atomic E-state index is 12.0. The molecule has 3 nitrogen and oxygen atoms in total. The molecule has 2 radical (unpaired) electrons. The Hall–Kier alpha value is -2.55. The minimum Gasteiger partial charge on any atom is -0.289 e. The molecule has 86 valence electrons. The summed E-state index contributed by atoms with van der Waals surface area (Å²) >= 11 is 0. The molecule has 0 aliphatic heterocycles. The molecule has 0 saturated carbocycles. The molecule has 0 N–H and O–H groups in total. The van der Waals surface area contributed by atoms with Crippen LogP contribution in [0.15, 0.2) is 48.5 Å². The van der Waals surface area contributed by atoms with Crippen molar-refractivity contribution in [3.63, 3.8) is 0 Å². The van der Waals surface area contributed by atoms with Crippen LogP contribution in [0.2, 0.25) is 0 Å². The molecular weight excluding hydrogens is 228 g/mol. The van der Waals surface area contributed by atoms with E-state index in [1.54, 1.807) is 36.8 Å². The van der Waals surface area contributed by atoms with Gasteiger partial charge in [-0.15, -0.1) is 0 Å². The maximum atomic E-state index is 12.0. The van der Waals surface area contributed by atoms with Crippen molar-refractivity contribution in [3.05, 3.63) is 70.8 Å². The van der Waals surface area contributed by atoms with E-state index in [1.165, 1.54) is 24.3 Å². The van der Waals surface area contributed by atoms with Gasteiger partial charge in [-0.25, -0.2) is 0 Å². The van der Waals surface area contributed by atoms with Gasteiger partial charge in [0.25, 0.3) is 0 Å². The van der Waals surface area contributed by atoms with Crippen molar-refractivity contribution in [3.8, 4) is 0 Å². The first-order valence-electron chi connectivity index (χ1n) is 5.26. The molecule has 0 aliphatic rings. The SMILES string of the molecule is O=[C]c1ccc(C(=O)c2ccc([C]=O)cc2)cc1. The quantitative estimate of drug-likeness (QED) is 0.761. The number of hydrogen-bond donors (Lipinski definition) is 0.